The van der Waals surface area contributed by atoms with Gasteiger partial charge in [0.25, 0.3) is 0 Å². The zero-order chi connectivity index (χ0) is 26.1. The first-order chi connectivity index (χ1) is 17.8. The van der Waals surface area contributed by atoms with E-state index in [0.717, 1.165) is 11.6 Å². The van der Waals surface area contributed by atoms with Gasteiger partial charge in [-0.1, -0.05) is 35.5 Å². The average Bonchev–Trinajstić information content (AvgIpc) is 3.34. The molecule has 1 amide bonds. The van der Waals surface area contributed by atoms with E-state index in [1.54, 1.807) is 9.58 Å². The Balaban J connectivity index is 1.27. The van der Waals surface area contributed by atoms with E-state index in [2.05, 4.69) is 15.3 Å². The van der Waals surface area contributed by atoms with Crippen LogP contribution >= 0.6 is 0 Å². The van der Waals surface area contributed by atoms with Crippen molar-refractivity contribution in [2.45, 2.75) is 31.9 Å². The summed E-state index contributed by atoms with van der Waals surface area (Å²) < 4.78 is 36.0. The number of pyridine rings is 1. The van der Waals surface area contributed by atoms with Crippen LogP contribution in [0.5, 0.6) is 0 Å². The van der Waals surface area contributed by atoms with Crippen LogP contribution in [0.15, 0.2) is 54.7 Å². The Labute approximate surface area is 210 Å². The van der Waals surface area contributed by atoms with Crippen molar-refractivity contribution >= 4 is 23.1 Å². The molecule has 1 N–H and O–H groups in total. The number of carboxylic acids is 1. The second-order valence-electron chi connectivity index (χ2n) is 8.84. The van der Waals surface area contributed by atoms with Crippen LogP contribution < -0.4 is 0 Å². The van der Waals surface area contributed by atoms with Gasteiger partial charge in [-0.3, -0.25) is 4.98 Å². The number of halogens is 2. The summed E-state index contributed by atoms with van der Waals surface area (Å²) in [4.78, 5) is 29.6. The number of aromatic nitrogens is 4. The van der Waals surface area contributed by atoms with Gasteiger partial charge in [0.2, 0.25) is 0 Å². The van der Waals surface area contributed by atoms with Crippen LogP contribution in [-0.2, 0) is 4.74 Å². The lowest BCUT2D eigenvalue weighted by atomic mass is 10.0. The monoisotopic (exact) mass is 507 g/mol. The molecule has 0 unspecified atom stereocenters. The highest BCUT2D eigenvalue weighted by molar-refractivity contribution is 5.89. The highest BCUT2D eigenvalue weighted by atomic mass is 19.2. The maximum Gasteiger partial charge on any atom is 0.410 e. The maximum atomic E-state index is 14.5. The lowest BCUT2D eigenvalue weighted by molar-refractivity contribution is 0.0589. The van der Waals surface area contributed by atoms with Crippen LogP contribution in [0, 0.1) is 11.6 Å². The summed E-state index contributed by atoms with van der Waals surface area (Å²) in [5.74, 6) is -4.29. The molecule has 4 aromatic rings. The molecule has 5 rings (SSSR count). The zero-order valence-corrected chi connectivity index (χ0v) is 19.8. The number of piperidine rings is 1. The van der Waals surface area contributed by atoms with E-state index in [9.17, 15) is 18.4 Å². The van der Waals surface area contributed by atoms with Crippen molar-refractivity contribution in [1.82, 2.24) is 24.9 Å². The van der Waals surface area contributed by atoms with Crippen LogP contribution in [0.2, 0.25) is 0 Å². The molecular weight excluding hydrogens is 484 g/mol. The van der Waals surface area contributed by atoms with Crippen LogP contribution in [0.1, 0.15) is 47.8 Å². The first-order valence-electron chi connectivity index (χ1n) is 11.8. The summed E-state index contributed by atoms with van der Waals surface area (Å²) in [7, 11) is 0. The van der Waals surface area contributed by atoms with Gasteiger partial charge in [0.15, 0.2) is 11.6 Å². The van der Waals surface area contributed by atoms with Crippen LogP contribution in [0.3, 0.4) is 0 Å². The third-order valence-electron chi connectivity index (χ3n) is 6.56. The Morgan fingerprint density at radius 3 is 2.51 bits per heavy atom. The van der Waals surface area contributed by atoms with Crippen LogP contribution in [-0.4, -0.2) is 55.1 Å². The van der Waals surface area contributed by atoms with Gasteiger partial charge in [0, 0.05) is 18.7 Å². The number of carboxylic acid groups (broad SMARTS) is 1. The molecular formula is C26H23F2N5O4. The third-order valence-corrected chi connectivity index (χ3v) is 6.56. The fraction of sp³-hybridized carbons (Fsp3) is 0.269. The number of carbonyl (C=O) groups excluding carboxylic acids is 1. The Kier molecular flexibility index (Phi) is 6.51. The topological polar surface area (TPSA) is 110 Å². The summed E-state index contributed by atoms with van der Waals surface area (Å²) in [6, 6.07) is 13.1. The molecule has 0 radical (unpaired) electrons. The lowest BCUT2D eigenvalue weighted by Gasteiger charge is -2.32. The number of carbonyl (C=O) groups is 2. The molecule has 37 heavy (non-hydrogen) atoms. The fourth-order valence-electron chi connectivity index (χ4n) is 4.48. The number of rotatable bonds is 5. The minimum Gasteiger partial charge on any atom is -0.478 e. The van der Waals surface area contributed by atoms with Gasteiger partial charge in [0.1, 0.15) is 17.1 Å². The van der Waals surface area contributed by atoms with E-state index in [1.807, 2.05) is 37.3 Å². The van der Waals surface area contributed by atoms with E-state index in [4.69, 9.17) is 9.84 Å². The van der Waals surface area contributed by atoms with Crippen molar-refractivity contribution < 1.29 is 28.2 Å². The Morgan fingerprint density at radius 1 is 1.08 bits per heavy atom. The van der Waals surface area contributed by atoms with Gasteiger partial charge in [-0.05, 0) is 43.5 Å². The first-order valence-corrected chi connectivity index (χ1v) is 11.8. The molecule has 0 spiro atoms. The van der Waals surface area contributed by atoms with Crippen LogP contribution in [0.4, 0.5) is 13.6 Å². The minimum atomic E-state index is -1.56. The van der Waals surface area contributed by atoms with Crippen molar-refractivity contribution in [3.8, 4) is 11.3 Å². The summed E-state index contributed by atoms with van der Waals surface area (Å²) in [6.45, 7) is 2.81. The number of nitrogens with zero attached hydrogens (tertiary/aromatic N) is 5. The summed E-state index contributed by atoms with van der Waals surface area (Å²) >= 11 is 0. The number of aromatic carboxylic acids is 1. The van der Waals surface area contributed by atoms with Gasteiger partial charge in [-0.25, -0.2) is 23.1 Å². The van der Waals surface area contributed by atoms with Crippen molar-refractivity contribution in [3.63, 3.8) is 0 Å². The van der Waals surface area contributed by atoms with Crippen molar-refractivity contribution in [2.75, 3.05) is 13.1 Å². The Hall–Kier alpha value is -4.41. The highest BCUT2D eigenvalue weighted by Gasteiger charge is 2.28. The zero-order valence-electron chi connectivity index (χ0n) is 19.8. The number of fused-ring (bicyclic) bond motifs is 1. The third kappa shape index (κ3) is 4.72. The second kappa shape index (κ2) is 9.92. The van der Waals surface area contributed by atoms with Gasteiger partial charge in [-0.15, -0.1) is 5.10 Å². The molecule has 1 fully saturated rings. The quantitative estimate of drug-likeness (QED) is 0.405. The molecule has 0 bridgehead atoms. The van der Waals surface area contributed by atoms with Gasteiger partial charge < -0.3 is 14.7 Å². The molecule has 2 aromatic heterocycles. The predicted molar refractivity (Wildman–Crippen MR) is 129 cm³/mol. The fourth-order valence-corrected chi connectivity index (χ4v) is 4.48. The van der Waals surface area contributed by atoms with Gasteiger partial charge in [0.05, 0.1) is 23.5 Å². The van der Waals surface area contributed by atoms with E-state index >= 15 is 0 Å². The number of hydrogen-bond acceptors (Lipinski definition) is 6. The lowest BCUT2D eigenvalue weighted by Crippen LogP contribution is -2.39. The molecule has 1 aliphatic rings. The molecule has 1 atom stereocenters. The smallest absolute Gasteiger partial charge is 0.410 e. The standard InChI is InChI=1S/C26H23F2N5O4/c1-15(16-5-3-2-4-6-16)37-26(36)32-11-9-17(10-12-32)33-22-14-29-20(13-21(22)30-31-33)18-7-8-19(25(34)35)24(28)23(18)27/h2-8,13-15,17H,9-12H2,1H3,(H,34,35)/t15-/m0/s1. The molecule has 1 saturated heterocycles. The SMILES string of the molecule is C[C@H](OC(=O)N1CCC(n2nnc3cc(-c4ccc(C(=O)O)c(F)c4F)ncc32)CC1)c1ccccc1. The van der Waals surface area contributed by atoms with Gasteiger partial charge >= 0.3 is 12.1 Å². The van der Waals surface area contributed by atoms with Crippen molar-refractivity contribution in [2.24, 2.45) is 0 Å². The summed E-state index contributed by atoms with van der Waals surface area (Å²) in [5.41, 5.74) is 1.16. The minimum absolute atomic E-state index is 0.0303. The molecule has 190 valence electrons. The summed E-state index contributed by atoms with van der Waals surface area (Å²) in [5, 5.41) is 17.4. The number of likely N-dealkylation sites (tertiary alicyclic amines) is 1. The van der Waals surface area contributed by atoms with Crippen molar-refractivity contribution in [1.29, 1.82) is 0 Å². The Morgan fingerprint density at radius 2 is 1.81 bits per heavy atom. The number of hydrogen-bond donors (Lipinski definition) is 1. The largest absolute Gasteiger partial charge is 0.478 e. The molecule has 0 aliphatic carbocycles. The molecule has 0 saturated carbocycles. The molecule has 11 heteroatoms. The second-order valence-corrected chi connectivity index (χ2v) is 8.84. The van der Waals surface area contributed by atoms with Gasteiger partial charge in [-0.2, -0.15) is 0 Å². The van der Waals surface area contributed by atoms with E-state index in [-0.39, 0.29) is 29.5 Å². The van der Waals surface area contributed by atoms with E-state index in [0.29, 0.717) is 37.0 Å². The van der Waals surface area contributed by atoms with Crippen molar-refractivity contribution in [3.05, 3.63) is 77.5 Å². The Bertz CT molecular complexity index is 1470. The molecule has 3 heterocycles. The normalized spacial score (nSPS) is 15.1. The summed E-state index contributed by atoms with van der Waals surface area (Å²) in [6.07, 6.45) is 2.02. The van der Waals surface area contributed by atoms with E-state index < -0.39 is 23.2 Å². The van der Waals surface area contributed by atoms with Crippen LogP contribution in [0.25, 0.3) is 22.3 Å². The molecule has 2 aromatic carbocycles. The number of amides is 1. The maximum absolute atomic E-state index is 14.5. The number of benzene rings is 2. The highest BCUT2D eigenvalue weighted by Crippen LogP contribution is 2.30. The van der Waals surface area contributed by atoms with E-state index in [1.165, 1.54) is 18.3 Å². The average molecular weight is 507 g/mol. The number of ether oxygens (including phenoxy) is 1. The molecule has 1 aliphatic heterocycles. The molecule has 9 nitrogen and oxygen atoms in total. The first kappa shape index (κ1) is 24.3. The predicted octanol–water partition coefficient (Wildman–Crippen LogP) is 5.00.